The number of benzene rings is 1. The third-order valence-corrected chi connectivity index (χ3v) is 3.54. The smallest absolute Gasteiger partial charge is 0.176 e. The van der Waals surface area contributed by atoms with Gasteiger partial charge in [-0.15, -0.1) is 0 Å². The Morgan fingerprint density at radius 3 is 2.75 bits per heavy atom. The molecule has 0 amide bonds. The van der Waals surface area contributed by atoms with Crippen molar-refractivity contribution < 1.29 is 9.53 Å². The number of rotatable bonds is 5. The second-order valence-corrected chi connectivity index (χ2v) is 5.30. The molecule has 1 unspecified atom stereocenters. The fourth-order valence-electron chi connectivity index (χ4n) is 2.43. The normalized spacial score (nSPS) is 18.8. The SMILES string of the molecule is CN(CC(=O)c1ccc(C#N)cc1)CC1CCCCO1. The van der Waals surface area contributed by atoms with Gasteiger partial charge in [-0.05, 0) is 38.4 Å². The summed E-state index contributed by atoms with van der Waals surface area (Å²) in [6.45, 7) is 2.01. The lowest BCUT2D eigenvalue weighted by Crippen LogP contribution is -2.36. The summed E-state index contributed by atoms with van der Waals surface area (Å²) >= 11 is 0. The molecule has 1 aliphatic rings. The van der Waals surface area contributed by atoms with Crippen LogP contribution in [0.15, 0.2) is 24.3 Å². The number of carbonyl (C=O) groups is 1. The molecule has 0 spiro atoms. The Kier molecular flexibility index (Phi) is 5.28. The molecule has 106 valence electrons. The fraction of sp³-hybridized carbons (Fsp3) is 0.500. The number of hydrogen-bond acceptors (Lipinski definition) is 4. The van der Waals surface area contributed by atoms with Gasteiger partial charge in [0.15, 0.2) is 5.78 Å². The van der Waals surface area contributed by atoms with E-state index in [2.05, 4.69) is 0 Å². The minimum absolute atomic E-state index is 0.0767. The van der Waals surface area contributed by atoms with E-state index in [1.807, 2.05) is 18.0 Å². The molecule has 4 heteroatoms. The Morgan fingerprint density at radius 1 is 1.40 bits per heavy atom. The first-order valence-corrected chi connectivity index (χ1v) is 7.02. The van der Waals surface area contributed by atoms with Gasteiger partial charge >= 0.3 is 0 Å². The first kappa shape index (κ1) is 14.7. The second-order valence-electron chi connectivity index (χ2n) is 5.30. The number of hydrogen-bond donors (Lipinski definition) is 0. The third-order valence-electron chi connectivity index (χ3n) is 3.54. The zero-order valence-corrected chi connectivity index (χ0v) is 11.8. The summed E-state index contributed by atoms with van der Waals surface area (Å²) in [5, 5.41) is 8.74. The van der Waals surface area contributed by atoms with Crippen LogP contribution in [-0.2, 0) is 4.74 Å². The molecule has 0 N–H and O–H groups in total. The van der Waals surface area contributed by atoms with Crippen LogP contribution < -0.4 is 0 Å². The fourth-order valence-corrected chi connectivity index (χ4v) is 2.43. The Labute approximate surface area is 120 Å². The van der Waals surface area contributed by atoms with Crippen molar-refractivity contribution in [2.45, 2.75) is 25.4 Å². The average molecular weight is 272 g/mol. The minimum atomic E-state index is 0.0767. The Morgan fingerprint density at radius 2 is 2.15 bits per heavy atom. The van der Waals surface area contributed by atoms with Gasteiger partial charge in [-0.1, -0.05) is 12.1 Å². The standard InChI is InChI=1S/C16H20N2O2/c1-18(11-15-4-2-3-9-20-15)12-16(19)14-7-5-13(10-17)6-8-14/h5-8,15H,2-4,9,11-12H2,1H3. The van der Waals surface area contributed by atoms with Crippen molar-refractivity contribution >= 4 is 5.78 Å². The summed E-state index contributed by atoms with van der Waals surface area (Å²) in [7, 11) is 1.94. The molecular weight excluding hydrogens is 252 g/mol. The number of Topliss-reactive ketones (excluding diaryl/α,β-unsaturated/α-hetero) is 1. The van der Waals surface area contributed by atoms with Gasteiger partial charge in [-0.2, -0.15) is 5.26 Å². The molecular formula is C16H20N2O2. The van der Waals surface area contributed by atoms with Gasteiger partial charge in [0.1, 0.15) is 0 Å². The molecule has 0 radical (unpaired) electrons. The van der Waals surface area contributed by atoms with E-state index in [4.69, 9.17) is 10.00 Å². The molecule has 0 aliphatic carbocycles. The van der Waals surface area contributed by atoms with Crippen LogP contribution in [-0.4, -0.2) is 43.5 Å². The maximum absolute atomic E-state index is 12.1. The van der Waals surface area contributed by atoms with E-state index < -0.39 is 0 Å². The van der Waals surface area contributed by atoms with Crippen molar-refractivity contribution in [3.8, 4) is 6.07 Å². The molecule has 1 fully saturated rings. The van der Waals surface area contributed by atoms with Crippen LogP contribution in [0, 0.1) is 11.3 Å². The van der Waals surface area contributed by atoms with Gasteiger partial charge in [-0.25, -0.2) is 0 Å². The number of ketones is 1. The largest absolute Gasteiger partial charge is 0.377 e. The Balaban J connectivity index is 1.84. The van der Waals surface area contributed by atoms with Gasteiger partial charge in [0.2, 0.25) is 0 Å². The average Bonchev–Trinajstić information content (AvgIpc) is 2.48. The highest BCUT2D eigenvalue weighted by atomic mass is 16.5. The molecule has 20 heavy (non-hydrogen) atoms. The number of nitriles is 1. The van der Waals surface area contributed by atoms with Gasteiger partial charge in [0.05, 0.1) is 24.3 Å². The molecule has 1 aromatic rings. The predicted octanol–water partition coefficient (Wildman–Crippen LogP) is 2.24. The van der Waals surface area contributed by atoms with Gasteiger partial charge in [0.25, 0.3) is 0 Å². The monoisotopic (exact) mass is 272 g/mol. The molecule has 1 aromatic carbocycles. The van der Waals surface area contributed by atoms with Gasteiger partial charge in [-0.3, -0.25) is 9.69 Å². The second kappa shape index (κ2) is 7.18. The lowest BCUT2D eigenvalue weighted by atomic mass is 10.1. The van der Waals surface area contributed by atoms with Crippen molar-refractivity contribution in [2.75, 3.05) is 26.7 Å². The van der Waals surface area contributed by atoms with E-state index in [0.29, 0.717) is 17.7 Å². The summed E-state index contributed by atoms with van der Waals surface area (Å²) in [5.41, 5.74) is 1.23. The highest BCUT2D eigenvalue weighted by molar-refractivity contribution is 5.97. The van der Waals surface area contributed by atoms with E-state index in [-0.39, 0.29) is 11.9 Å². The van der Waals surface area contributed by atoms with Crippen molar-refractivity contribution in [3.05, 3.63) is 35.4 Å². The molecule has 4 nitrogen and oxygen atoms in total. The highest BCUT2D eigenvalue weighted by Crippen LogP contribution is 2.13. The lowest BCUT2D eigenvalue weighted by molar-refractivity contribution is -0.000668. The minimum Gasteiger partial charge on any atom is -0.377 e. The Hall–Kier alpha value is -1.70. The molecule has 1 saturated heterocycles. The summed E-state index contributed by atoms with van der Waals surface area (Å²) in [5.74, 6) is 0.0767. The molecule has 0 saturated carbocycles. The highest BCUT2D eigenvalue weighted by Gasteiger charge is 2.17. The quantitative estimate of drug-likeness (QED) is 0.771. The lowest BCUT2D eigenvalue weighted by Gasteiger charge is -2.27. The van der Waals surface area contributed by atoms with Crippen LogP contribution in [0.2, 0.25) is 0 Å². The molecule has 0 bridgehead atoms. The van der Waals surface area contributed by atoms with Crippen LogP contribution in [0.1, 0.15) is 35.2 Å². The van der Waals surface area contributed by atoms with Crippen molar-refractivity contribution in [1.82, 2.24) is 4.90 Å². The van der Waals surface area contributed by atoms with Crippen molar-refractivity contribution in [1.29, 1.82) is 5.26 Å². The van der Waals surface area contributed by atoms with Gasteiger partial charge in [0, 0.05) is 18.7 Å². The van der Waals surface area contributed by atoms with E-state index in [0.717, 1.165) is 26.0 Å². The van der Waals surface area contributed by atoms with Crippen LogP contribution >= 0.6 is 0 Å². The predicted molar refractivity (Wildman–Crippen MR) is 76.6 cm³/mol. The molecule has 1 atom stereocenters. The van der Waals surface area contributed by atoms with Crippen LogP contribution in [0.5, 0.6) is 0 Å². The zero-order chi connectivity index (χ0) is 14.4. The van der Waals surface area contributed by atoms with E-state index in [9.17, 15) is 4.79 Å². The summed E-state index contributed by atoms with van der Waals surface area (Å²) in [6.07, 6.45) is 3.68. The number of carbonyl (C=O) groups excluding carboxylic acids is 1. The Bertz CT molecular complexity index is 484. The molecule has 1 aliphatic heterocycles. The molecule has 1 heterocycles. The molecule has 0 aromatic heterocycles. The van der Waals surface area contributed by atoms with Crippen LogP contribution in [0.3, 0.4) is 0 Å². The summed E-state index contributed by atoms with van der Waals surface area (Å²) in [4.78, 5) is 14.1. The van der Waals surface area contributed by atoms with Crippen molar-refractivity contribution in [3.63, 3.8) is 0 Å². The number of nitrogens with zero attached hydrogens (tertiary/aromatic N) is 2. The topological polar surface area (TPSA) is 53.3 Å². The number of ether oxygens (including phenoxy) is 1. The first-order chi connectivity index (χ1) is 9.69. The maximum Gasteiger partial charge on any atom is 0.176 e. The summed E-state index contributed by atoms with van der Waals surface area (Å²) < 4.78 is 5.68. The van der Waals surface area contributed by atoms with E-state index in [1.54, 1.807) is 24.3 Å². The third kappa shape index (κ3) is 4.16. The van der Waals surface area contributed by atoms with E-state index in [1.165, 1.54) is 6.42 Å². The number of likely N-dealkylation sites (N-methyl/N-ethyl adjacent to an activating group) is 1. The van der Waals surface area contributed by atoms with Gasteiger partial charge < -0.3 is 4.74 Å². The van der Waals surface area contributed by atoms with Crippen LogP contribution in [0.4, 0.5) is 0 Å². The van der Waals surface area contributed by atoms with Crippen LogP contribution in [0.25, 0.3) is 0 Å². The maximum atomic E-state index is 12.1. The summed E-state index contributed by atoms with van der Waals surface area (Å²) in [6, 6.07) is 8.83. The molecule has 2 rings (SSSR count). The first-order valence-electron chi connectivity index (χ1n) is 7.02. The van der Waals surface area contributed by atoms with E-state index >= 15 is 0 Å². The zero-order valence-electron chi connectivity index (χ0n) is 11.8. The van der Waals surface area contributed by atoms with Crippen molar-refractivity contribution in [2.24, 2.45) is 0 Å².